The third-order valence-electron chi connectivity index (χ3n) is 10.6. The second-order valence-electron chi connectivity index (χ2n) is 15.5. The minimum absolute atomic E-state index is 0.0371. The highest BCUT2D eigenvalue weighted by Crippen LogP contribution is 2.72. The number of anilines is 2. The third-order valence-corrected chi connectivity index (χ3v) is 13.4. The van der Waals surface area contributed by atoms with Crippen LogP contribution >= 0.6 is 7.60 Å². The maximum atomic E-state index is 14.5. The van der Waals surface area contributed by atoms with Crippen molar-refractivity contribution < 1.29 is 42.3 Å². The zero-order chi connectivity index (χ0) is 38.4. The van der Waals surface area contributed by atoms with Crippen molar-refractivity contribution >= 4 is 43.0 Å². The van der Waals surface area contributed by atoms with Gasteiger partial charge in [-0.05, 0) is 82.8 Å². The van der Waals surface area contributed by atoms with Gasteiger partial charge in [-0.25, -0.2) is 9.59 Å². The first-order valence-electron chi connectivity index (χ1n) is 19.2. The molecule has 53 heavy (non-hydrogen) atoms. The molecule has 14 nitrogen and oxygen atoms in total. The first-order chi connectivity index (χ1) is 25.2. The molecule has 0 bridgehead atoms. The van der Waals surface area contributed by atoms with Crippen molar-refractivity contribution in [1.82, 2.24) is 15.5 Å². The number of hydrogen-bond acceptors (Lipinski definition) is 10. The summed E-state index contributed by atoms with van der Waals surface area (Å²) in [6.07, 6.45) is 6.09. The number of carbonyl (C=O) groups excluding carboxylic acids is 4. The van der Waals surface area contributed by atoms with Crippen LogP contribution in [0.4, 0.5) is 21.0 Å². The summed E-state index contributed by atoms with van der Waals surface area (Å²) in [5, 5.41) is 7.22. The van der Waals surface area contributed by atoms with Crippen LogP contribution in [0.15, 0.2) is 36.9 Å². The highest BCUT2D eigenvalue weighted by atomic mass is 31.2. The van der Waals surface area contributed by atoms with Crippen LogP contribution in [-0.2, 0) is 32.7 Å². The van der Waals surface area contributed by atoms with Gasteiger partial charge < -0.3 is 39.0 Å². The average Bonchev–Trinajstić information content (AvgIpc) is 3.37. The van der Waals surface area contributed by atoms with Crippen LogP contribution in [-0.4, -0.2) is 91.3 Å². The van der Waals surface area contributed by atoms with Crippen LogP contribution in [0.1, 0.15) is 92.4 Å². The van der Waals surface area contributed by atoms with E-state index >= 15 is 0 Å². The number of nitrogens with zero attached hydrogens (tertiary/aromatic N) is 2. The molecule has 0 radical (unpaired) electrons. The zero-order valence-corrected chi connectivity index (χ0v) is 32.8. The van der Waals surface area contributed by atoms with Gasteiger partial charge >= 0.3 is 19.8 Å². The topological polar surface area (TPSA) is 165 Å². The summed E-state index contributed by atoms with van der Waals surface area (Å²) in [4.78, 5) is 59.0. The Hall–Kier alpha value is -3.61. The molecular weight excluding hydrogens is 701 g/mol. The summed E-state index contributed by atoms with van der Waals surface area (Å²) >= 11 is 0. The Labute approximate surface area is 313 Å². The molecule has 1 unspecified atom stereocenters. The molecule has 2 heterocycles. The molecule has 4 amide bonds. The molecule has 15 heteroatoms. The van der Waals surface area contributed by atoms with Gasteiger partial charge in [0.15, 0.2) is 0 Å². The van der Waals surface area contributed by atoms with Crippen LogP contribution in [0, 0.1) is 11.3 Å². The first kappa shape index (κ1) is 40.6. The van der Waals surface area contributed by atoms with E-state index in [4.69, 9.17) is 18.5 Å². The minimum Gasteiger partial charge on any atom is -0.446 e. The van der Waals surface area contributed by atoms with Crippen molar-refractivity contribution in [2.24, 2.45) is 11.3 Å². The van der Waals surface area contributed by atoms with E-state index in [1.807, 2.05) is 45.0 Å². The number of hydrogen-bond donors (Lipinski definition) is 3. The van der Waals surface area contributed by atoms with E-state index in [9.17, 15) is 23.7 Å². The summed E-state index contributed by atoms with van der Waals surface area (Å²) in [7, 11) is -3.87. The largest absolute Gasteiger partial charge is 0.446 e. The quantitative estimate of drug-likeness (QED) is 0.140. The number of rotatable bonds is 14. The Balaban J connectivity index is 1.38. The lowest BCUT2D eigenvalue weighted by atomic mass is 9.85. The van der Waals surface area contributed by atoms with Gasteiger partial charge in [0.05, 0.1) is 31.1 Å². The van der Waals surface area contributed by atoms with Crippen LogP contribution in [0.2, 0.25) is 0 Å². The molecule has 294 valence electrons. The van der Waals surface area contributed by atoms with Crippen molar-refractivity contribution in [3.63, 3.8) is 0 Å². The maximum absolute atomic E-state index is 14.5. The van der Waals surface area contributed by atoms with Crippen LogP contribution in [0.25, 0.3) is 0 Å². The van der Waals surface area contributed by atoms with Crippen LogP contribution in [0.5, 0.6) is 0 Å². The summed E-state index contributed by atoms with van der Waals surface area (Å²) in [6.45, 7) is 14.5. The molecule has 0 spiro atoms. The molecule has 5 rings (SSSR count). The minimum atomic E-state index is -3.87. The van der Waals surface area contributed by atoms with Gasteiger partial charge in [-0.2, -0.15) is 0 Å². The van der Waals surface area contributed by atoms with Crippen molar-refractivity contribution in [3.8, 4) is 0 Å². The monoisotopic (exact) mass is 759 g/mol. The lowest BCUT2D eigenvalue weighted by Gasteiger charge is -2.36. The van der Waals surface area contributed by atoms with Gasteiger partial charge in [0, 0.05) is 25.4 Å². The van der Waals surface area contributed by atoms with Gasteiger partial charge in [-0.3, -0.25) is 19.5 Å². The van der Waals surface area contributed by atoms with E-state index in [1.54, 1.807) is 19.9 Å². The molecule has 3 N–H and O–H groups in total. The SMILES string of the molecule is C=C[C@@H]1C[C@]1(NC(=O)[C@@H]1C[C@@H](OC(=O)Nc2ccccc2N2CCCCC2)CN1C(=O)C(NC(=O)OC1CCCC1)C(C)(C)C)P(=O)(OCC)OCC. The van der Waals surface area contributed by atoms with Crippen molar-refractivity contribution in [3.05, 3.63) is 36.9 Å². The average molecular weight is 760 g/mol. The van der Waals surface area contributed by atoms with Crippen molar-refractivity contribution in [2.75, 3.05) is 43.1 Å². The molecule has 0 aromatic heterocycles. The number of benzene rings is 1. The summed E-state index contributed by atoms with van der Waals surface area (Å²) in [5.41, 5.74) is 0.714. The number of amides is 4. The number of likely N-dealkylation sites (tertiary alicyclic amines) is 1. The number of nitrogens with one attached hydrogen (secondary N) is 3. The summed E-state index contributed by atoms with van der Waals surface area (Å²) in [6, 6.07) is 5.32. The molecule has 2 aliphatic carbocycles. The fraction of sp³-hybridized carbons (Fsp3) is 0.684. The number of para-hydroxylation sites is 2. The third kappa shape index (κ3) is 9.38. The van der Waals surface area contributed by atoms with Gasteiger partial charge in [-0.15, -0.1) is 6.58 Å². The molecule has 5 atom stereocenters. The normalized spacial score (nSPS) is 25.3. The van der Waals surface area contributed by atoms with Gasteiger partial charge in [0.1, 0.15) is 29.6 Å². The molecule has 2 saturated carbocycles. The van der Waals surface area contributed by atoms with E-state index in [0.29, 0.717) is 5.69 Å². The van der Waals surface area contributed by atoms with Crippen LogP contribution in [0.3, 0.4) is 0 Å². The smallest absolute Gasteiger partial charge is 0.412 e. The van der Waals surface area contributed by atoms with E-state index < -0.39 is 66.4 Å². The number of ether oxygens (including phenoxy) is 2. The zero-order valence-electron chi connectivity index (χ0n) is 31.9. The van der Waals surface area contributed by atoms with Gasteiger partial charge in [-0.1, -0.05) is 39.0 Å². The highest BCUT2D eigenvalue weighted by molar-refractivity contribution is 7.56. The van der Waals surface area contributed by atoms with Gasteiger partial charge in [0.2, 0.25) is 11.8 Å². The molecule has 2 saturated heterocycles. The fourth-order valence-corrected chi connectivity index (χ4v) is 10.2. The van der Waals surface area contributed by atoms with E-state index in [2.05, 4.69) is 27.4 Å². The van der Waals surface area contributed by atoms with Crippen LogP contribution < -0.4 is 20.9 Å². The Bertz CT molecular complexity index is 1530. The number of carbonyl (C=O) groups is 4. The predicted octanol–water partition coefficient (Wildman–Crippen LogP) is 6.56. The summed E-state index contributed by atoms with van der Waals surface area (Å²) < 4.78 is 37.0. The molecule has 1 aromatic rings. The lowest BCUT2D eigenvalue weighted by molar-refractivity contribution is -0.142. The fourth-order valence-electron chi connectivity index (χ4n) is 7.77. The Morgan fingerprint density at radius 2 is 1.60 bits per heavy atom. The number of alkyl carbamates (subject to hydrolysis) is 1. The molecule has 4 aliphatic rings. The second kappa shape index (κ2) is 17.2. The molecule has 4 fully saturated rings. The van der Waals surface area contributed by atoms with E-state index in [0.717, 1.165) is 63.7 Å². The maximum Gasteiger partial charge on any atom is 0.412 e. The molecular formula is C38H58N5O9P. The lowest BCUT2D eigenvalue weighted by Crippen LogP contribution is -2.58. The van der Waals surface area contributed by atoms with Gasteiger partial charge in [0.25, 0.3) is 0 Å². The Kier molecular flexibility index (Phi) is 13.2. The second-order valence-corrected chi connectivity index (χ2v) is 17.8. The van der Waals surface area contributed by atoms with E-state index in [1.165, 1.54) is 4.90 Å². The standard InChI is InChI=1S/C38H58N5O9P/c1-7-26-24-38(26,53(48,49-8-2)50-9-3)41-33(44)31-23-28(52-35(46)39-29-19-13-14-20-30(29)42-21-15-10-16-22-42)25-43(31)34(45)32(37(4,5)6)40-36(47)51-27-17-11-12-18-27/h7,13-14,19-20,26-28,31-32H,1,8-12,15-18,21-25H2,2-6H3,(H,39,46)(H,40,47)(H,41,44)/t26-,28-,31+,32?,38+/m1/s1. The highest BCUT2D eigenvalue weighted by Gasteiger charge is 2.68. The predicted molar refractivity (Wildman–Crippen MR) is 202 cm³/mol. The Morgan fingerprint density at radius 3 is 2.21 bits per heavy atom. The molecule has 1 aromatic carbocycles. The Morgan fingerprint density at radius 1 is 0.962 bits per heavy atom. The van der Waals surface area contributed by atoms with Crippen molar-refractivity contribution in [2.45, 2.75) is 122 Å². The number of piperidine rings is 1. The van der Waals surface area contributed by atoms with Crippen molar-refractivity contribution in [1.29, 1.82) is 0 Å². The summed E-state index contributed by atoms with van der Waals surface area (Å²) in [5.74, 6) is -1.54. The molecule has 2 aliphatic heterocycles. The van der Waals surface area contributed by atoms with E-state index in [-0.39, 0.29) is 38.7 Å². The first-order valence-corrected chi connectivity index (χ1v) is 20.7.